The van der Waals surface area contributed by atoms with Crippen molar-refractivity contribution in [1.82, 2.24) is 16.0 Å². The first-order chi connectivity index (χ1) is 18.7. The van der Waals surface area contributed by atoms with Crippen molar-refractivity contribution in [3.8, 4) is 0 Å². The molecule has 0 heterocycles. The number of ether oxygens (including phenoxy) is 5. The Hall–Kier alpha value is -3.33. The fourth-order valence-corrected chi connectivity index (χ4v) is 2.71. The summed E-state index contributed by atoms with van der Waals surface area (Å²) in [6, 6.07) is -0.796. The second-order valence-electron chi connectivity index (χ2n) is 8.81. The molecule has 0 saturated carbocycles. The molecule has 39 heavy (non-hydrogen) atoms. The summed E-state index contributed by atoms with van der Waals surface area (Å²) in [7, 11) is 0. The summed E-state index contributed by atoms with van der Waals surface area (Å²) in [5.74, 6) is -0.747. The Morgan fingerprint density at radius 1 is 0.718 bits per heavy atom. The van der Waals surface area contributed by atoms with Crippen LogP contribution in [-0.2, 0) is 33.3 Å². The zero-order chi connectivity index (χ0) is 29.2. The molecular formula is C22H41N9O8. The molecule has 0 bridgehead atoms. The predicted octanol–water partition coefficient (Wildman–Crippen LogP) is 1.58. The van der Waals surface area contributed by atoms with Gasteiger partial charge in [-0.2, -0.15) is 0 Å². The van der Waals surface area contributed by atoms with Gasteiger partial charge in [-0.25, -0.2) is 4.79 Å². The van der Waals surface area contributed by atoms with Crippen molar-refractivity contribution in [2.75, 3.05) is 79.0 Å². The smallest absolute Gasteiger partial charge is 0.407 e. The Kier molecular flexibility index (Phi) is 21.7. The number of hydrogen-bond acceptors (Lipinski definition) is 10. The topological polar surface area (TPSA) is 231 Å². The van der Waals surface area contributed by atoms with Gasteiger partial charge in [0.25, 0.3) is 0 Å². The first kappa shape index (κ1) is 35.7. The van der Waals surface area contributed by atoms with E-state index in [1.165, 1.54) is 0 Å². The van der Waals surface area contributed by atoms with Crippen molar-refractivity contribution in [1.29, 1.82) is 0 Å². The van der Waals surface area contributed by atoms with E-state index in [9.17, 15) is 14.4 Å². The number of hydrogen-bond donors (Lipinski definition) is 3. The van der Waals surface area contributed by atoms with Gasteiger partial charge in [0.1, 0.15) is 5.60 Å². The summed E-state index contributed by atoms with van der Waals surface area (Å²) >= 11 is 0. The highest BCUT2D eigenvalue weighted by Gasteiger charge is 2.23. The molecule has 3 amide bonds. The maximum atomic E-state index is 12.4. The zero-order valence-corrected chi connectivity index (χ0v) is 22.9. The van der Waals surface area contributed by atoms with E-state index in [2.05, 4.69) is 36.0 Å². The van der Waals surface area contributed by atoms with Crippen LogP contribution in [0.15, 0.2) is 10.2 Å². The molecule has 0 radical (unpaired) electrons. The first-order valence-electron chi connectivity index (χ1n) is 12.5. The minimum atomic E-state index is -0.796. The lowest BCUT2D eigenvalue weighted by Crippen LogP contribution is -2.44. The average molecular weight is 560 g/mol. The van der Waals surface area contributed by atoms with Gasteiger partial charge in [-0.3, -0.25) is 9.59 Å². The molecule has 222 valence electrons. The van der Waals surface area contributed by atoms with Crippen LogP contribution >= 0.6 is 0 Å². The van der Waals surface area contributed by atoms with Crippen LogP contribution in [0.4, 0.5) is 4.79 Å². The Labute approximate surface area is 227 Å². The normalized spacial score (nSPS) is 11.5. The third-order valence-corrected chi connectivity index (χ3v) is 4.26. The van der Waals surface area contributed by atoms with E-state index in [0.717, 1.165) is 0 Å². The highest BCUT2D eigenvalue weighted by atomic mass is 16.6. The second kappa shape index (κ2) is 23.8. The van der Waals surface area contributed by atoms with E-state index < -0.39 is 17.7 Å². The van der Waals surface area contributed by atoms with Gasteiger partial charge in [-0.1, -0.05) is 10.2 Å². The van der Waals surface area contributed by atoms with Crippen molar-refractivity contribution in [3.63, 3.8) is 0 Å². The summed E-state index contributed by atoms with van der Waals surface area (Å²) in [5.41, 5.74) is 15.6. The second-order valence-corrected chi connectivity index (χ2v) is 8.81. The predicted molar refractivity (Wildman–Crippen MR) is 140 cm³/mol. The number of nitrogens with one attached hydrogen (secondary N) is 3. The highest BCUT2D eigenvalue weighted by Crippen LogP contribution is 2.08. The van der Waals surface area contributed by atoms with Gasteiger partial charge in [0.2, 0.25) is 11.8 Å². The van der Waals surface area contributed by atoms with E-state index in [1.54, 1.807) is 20.8 Å². The molecule has 0 aliphatic heterocycles. The Bertz CT molecular complexity index is 747. The number of nitrogens with zero attached hydrogens (tertiary/aromatic N) is 6. The Morgan fingerprint density at radius 3 is 1.51 bits per heavy atom. The molecule has 0 aliphatic rings. The van der Waals surface area contributed by atoms with E-state index in [1.807, 2.05) is 0 Å². The first-order valence-corrected chi connectivity index (χ1v) is 12.5. The SMILES string of the molecule is CC(C)(C)OC(=O)NC(CC(=O)NCCOCCOCCN=[N+]=[N-])CC(=O)NCCOCCOCCN=[N+]=[N-]. The van der Waals surface area contributed by atoms with Crippen LogP contribution in [-0.4, -0.2) is 109 Å². The standard InChI is InChI=1S/C22H41N9O8/c1-22(2,3)39-21(34)29-18(16-19(32)25-4-8-35-12-14-37-10-6-27-30-23)17-20(33)26-5-9-36-13-15-38-11-7-28-31-24/h18H,4-17H2,1-3H3,(H,25,32)(H,26,33)(H,29,34). The molecule has 0 saturated heterocycles. The van der Waals surface area contributed by atoms with Crippen molar-refractivity contribution in [2.24, 2.45) is 10.2 Å². The van der Waals surface area contributed by atoms with Gasteiger partial charge in [-0.15, -0.1) is 0 Å². The van der Waals surface area contributed by atoms with Gasteiger partial charge in [0.05, 0.1) is 52.9 Å². The molecule has 17 nitrogen and oxygen atoms in total. The summed E-state index contributed by atoms with van der Waals surface area (Å²) < 4.78 is 26.3. The fourth-order valence-electron chi connectivity index (χ4n) is 2.71. The van der Waals surface area contributed by atoms with Gasteiger partial charge >= 0.3 is 6.09 Å². The molecule has 0 aromatic heterocycles. The van der Waals surface area contributed by atoms with Crippen molar-refractivity contribution in [2.45, 2.75) is 45.3 Å². The maximum absolute atomic E-state index is 12.4. The van der Waals surface area contributed by atoms with Gasteiger partial charge in [0.15, 0.2) is 0 Å². The summed E-state index contributed by atoms with van der Waals surface area (Å²) in [6.45, 7) is 8.42. The van der Waals surface area contributed by atoms with Crippen LogP contribution in [0.1, 0.15) is 33.6 Å². The molecular weight excluding hydrogens is 518 g/mol. The van der Waals surface area contributed by atoms with Crippen LogP contribution in [0.25, 0.3) is 20.9 Å². The van der Waals surface area contributed by atoms with Crippen molar-refractivity contribution in [3.05, 3.63) is 20.9 Å². The molecule has 0 aliphatic carbocycles. The lowest BCUT2D eigenvalue weighted by atomic mass is 10.1. The van der Waals surface area contributed by atoms with E-state index in [0.29, 0.717) is 39.6 Å². The molecule has 0 rings (SSSR count). The highest BCUT2D eigenvalue weighted by molar-refractivity contribution is 5.81. The van der Waals surface area contributed by atoms with Gasteiger partial charge in [0, 0.05) is 54.9 Å². The quantitative estimate of drug-likeness (QED) is 0.0718. The van der Waals surface area contributed by atoms with E-state index in [4.69, 9.17) is 34.7 Å². The number of azide groups is 2. The molecule has 0 fully saturated rings. The third kappa shape index (κ3) is 26.1. The molecule has 0 unspecified atom stereocenters. The van der Waals surface area contributed by atoms with Crippen LogP contribution in [0, 0.1) is 0 Å². The number of carbonyl (C=O) groups is 3. The number of alkyl carbamates (subject to hydrolysis) is 1. The Balaban J connectivity index is 4.33. The van der Waals surface area contributed by atoms with Gasteiger partial charge in [-0.05, 0) is 31.8 Å². The summed E-state index contributed by atoms with van der Waals surface area (Å²) in [4.78, 5) is 42.2. The summed E-state index contributed by atoms with van der Waals surface area (Å²) in [6.07, 6.45) is -1.02. The Morgan fingerprint density at radius 2 is 1.13 bits per heavy atom. The third-order valence-electron chi connectivity index (χ3n) is 4.26. The number of rotatable bonds is 23. The summed E-state index contributed by atoms with van der Waals surface area (Å²) in [5, 5.41) is 14.6. The van der Waals surface area contributed by atoms with Crippen LogP contribution in [0.2, 0.25) is 0 Å². The zero-order valence-electron chi connectivity index (χ0n) is 22.9. The van der Waals surface area contributed by atoms with E-state index >= 15 is 0 Å². The van der Waals surface area contributed by atoms with Crippen LogP contribution < -0.4 is 16.0 Å². The van der Waals surface area contributed by atoms with Crippen LogP contribution in [0.5, 0.6) is 0 Å². The van der Waals surface area contributed by atoms with Crippen molar-refractivity contribution >= 4 is 17.9 Å². The lowest BCUT2D eigenvalue weighted by Gasteiger charge is -2.23. The maximum Gasteiger partial charge on any atom is 0.407 e. The van der Waals surface area contributed by atoms with E-state index in [-0.39, 0.29) is 64.0 Å². The average Bonchev–Trinajstić information content (AvgIpc) is 2.85. The molecule has 3 N–H and O–H groups in total. The monoisotopic (exact) mass is 559 g/mol. The minimum absolute atomic E-state index is 0.140. The fraction of sp³-hybridized carbons (Fsp3) is 0.864. The lowest BCUT2D eigenvalue weighted by molar-refractivity contribution is -0.123. The van der Waals surface area contributed by atoms with Crippen molar-refractivity contribution < 1.29 is 38.1 Å². The minimum Gasteiger partial charge on any atom is -0.444 e. The molecule has 0 spiro atoms. The largest absolute Gasteiger partial charge is 0.444 e. The molecule has 0 atom stereocenters. The number of amides is 3. The molecule has 0 aromatic carbocycles. The molecule has 0 aromatic rings. The number of carbonyl (C=O) groups excluding carboxylic acids is 3. The van der Waals surface area contributed by atoms with Crippen LogP contribution in [0.3, 0.4) is 0 Å². The molecule has 17 heteroatoms. The van der Waals surface area contributed by atoms with Gasteiger partial charge < -0.3 is 39.6 Å².